The predicted octanol–water partition coefficient (Wildman–Crippen LogP) is 2.95. The molecule has 5 nitrogen and oxygen atoms in total. The lowest BCUT2D eigenvalue weighted by Crippen LogP contribution is -2.12. The number of benzene rings is 2. The standard InChI is InChI=1S/C16H15NO4/c1-10-6-7-11(9-14(10)21-2)15(18)17-13-5-3-4-12(8-13)16(19)20/h3-9H,1-2H3,(H,17,18)(H,19,20). The first-order valence-corrected chi connectivity index (χ1v) is 6.30. The molecule has 21 heavy (non-hydrogen) atoms. The second-order valence-corrected chi connectivity index (χ2v) is 4.52. The van der Waals surface area contributed by atoms with E-state index in [1.165, 1.54) is 12.1 Å². The van der Waals surface area contributed by atoms with Crippen LogP contribution in [0.2, 0.25) is 0 Å². The van der Waals surface area contributed by atoms with E-state index in [9.17, 15) is 9.59 Å². The van der Waals surface area contributed by atoms with Crippen molar-refractivity contribution in [3.8, 4) is 5.75 Å². The first-order chi connectivity index (χ1) is 10.0. The molecule has 1 amide bonds. The normalized spacial score (nSPS) is 10.0. The maximum atomic E-state index is 12.2. The summed E-state index contributed by atoms with van der Waals surface area (Å²) in [5, 5.41) is 11.6. The largest absolute Gasteiger partial charge is 0.496 e. The smallest absolute Gasteiger partial charge is 0.335 e. The molecule has 2 N–H and O–H groups in total. The Morgan fingerprint density at radius 3 is 2.52 bits per heavy atom. The highest BCUT2D eigenvalue weighted by atomic mass is 16.5. The van der Waals surface area contributed by atoms with Gasteiger partial charge in [0.05, 0.1) is 12.7 Å². The molecule has 108 valence electrons. The van der Waals surface area contributed by atoms with E-state index in [2.05, 4.69) is 5.32 Å². The summed E-state index contributed by atoms with van der Waals surface area (Å²) in [7, 11) is 1.54. The number of aromatic carboxylic acids is 1. The molecule has 0 aliphatic carbocycles. The number of amides is 1. The van der Waals surface area contributed by atoms with Gasteiger partial charge in [-0.05, 0) is 42.8 Å². The third-order valence-corrected chi connectivity index (χ3v) is 3.04. The highest BCUT2D eigenvalue weighted by molar-refractivity contribution is 6.05. The molecule has 0 aromatic heterocycles. The molecular formula is C16H15NO4. The molecule has 2 rings (SSSR count). The van der Waals surface area contributed by atoms with E-state index in [1.807, 2.05) is 6.92 Å². The van der Waals surface area contributed by atoms with Gasteiger partial charge in [0.2, 0.25) is 0 Å². The van der Waals surface area contributed by atoms with Gasteiger partial charge in [-0.15, -0.1) is 0 Å². The average molecular weight is 285 g/mol. The molecular weight excluding hydrogens is 270 g/mol. The first kappa shape index (κ1) is 14.6. The van der Waals surface area contributed by atoms with Crippen LogP contribution in [0.5, 0.6) is 5.75 Å². The molecule has 0 bridgehead atoms. The van der Waals surface area contributed by atoms with Gasteiger partial charge in [-0.25, -0.2) is 4.79 Å². The van der Waals surface area contributed by atoms with E-state index >= 15 is 0 Å². The second kappa shape index (κ2) is 6.09. The van der Waals surface area contributed by atoms with Crippen molar-refractivity contribution in [3.05, 3.63) is 59.2 Å². The van der Waals surface area contributed by atoms with Gasteiger partial charge in [-0.2, -0.15) is 0 Å². The molecule has 0 atom stereocenters. The fraction of sp³-hybridized carbons (Fsp3) is 0.125. The zero-order valence-electron chi connectivity index (χ0n) is 11.7. The number of rotatable bonds is 4. The number of aryl methyl sites for hydroxylation is 1. The highest BCUT2D eigenvalue weighted by Crippen LogP contribution is 2.20. The molecule has 2 aromatic carbocycles. The van der Waals surface area contributed by atoms with E-state index in [4.69, 9.17) is 9.84 Å². The maximum Gasteiger partial charge on any atom is 0.335 e. The topological polar surface area (TPSA) is 75.6 Å². The average Bonchev–Trinajstić information content (AvgIpc) is 2.47. The zero-order valence-corrected chi connectivity index (χ0v) is 11.7. The Kier molecular flexibility index (Phi) is 4.23. The van der Waals surface area contributed by atoms with Crippen LogP contribution in [0, 0.1) is 6.92 Å². The fourth-order valence-electron chi connectivity index (χ4n) is 1.89. The molecule has 0 unspecified atom stereocenters. The summed E-state index contributed by atoms with van der Waals surface area (Å²) >= 11 is 0. The minimum atomic E-state index is -1.04. The van der Waals surface area contributed by atoms with Crippen LogP contribution in [-0.4, -0.2) is 24.1 Å². The number of carboxylic acid groups (broad SMARTS) is 1. The lowest BCUT2D eigenvalue weighted by Gasteiger charge is -2.09. The van der Waals surface area contributed by atoms with Gasteiger partial charge in [0.1, 0.15) is 5.75 Å². The summed E-state index contributed by atoms with van der Waals surface area (Å²) < 4.78 is 5.18. The van der Waals surface area contributed by atoms with Crippen LogP contribution in [0.4, 0.5) is 5.69 Å². The number of anilines is 1. The Morgan fingerprint density at radius 1 is 1.10 bits per heavy atom. The second-order valence-electron chi connectivity index (χ2n) is 4.52. The van der Waals surface area contributed by atoms with Gasteiger partial charge >= 0.3 is 5.97 Å². The van der Waals surface area contributed by atoms with Crippen molar-refractivity contribution < 1.29 is 19.4 Å². The number of hydrogen-bond donors (Lipinski definition) is 2. The summed E-state index contributed by atoms with van der Waals surface area (Å²) in [6, 6.07) is 11.2. The highest BCUT2D eigenvalue weighted by Gasteiger charge is 2.10. The molecule has 0 radical (unpaired) electrons. The molecule has 0 spiro atoms. The van der Waals surface area contributed by atoms with Gasteiger partial charge in [0.15, 0.2) is 0 Å². The number of carbonyl (C=O) groups excluding carboxylic acids is 1. The van der Waals surface area contributed by atoms with Crippen LogP contribution < -0.4 is 10.1 Å². The Hall–Kier alpha value is -2.82. The van der Waals surface area contributed by atoms with Gasteiger partial charge in [-0.3, -0.25) is 4.79 Å². The summed E-state index contributed by atoms with van der Waals surface area (Å²) in [6.07, 6.45) is 0. The number of ether oxygens (including phenoxy) is 1. The summed E-state index contributed by atoms with van der Waals surface area (Å²) in [4.78, 5) is 23.1. The molecule has 0 saturated carbocycles. The fourth-order valence-corrected chi connectivity index (χ4v) is 1.89. The van der Waals surface area contributed by atoms with E-state index < -0.39 is 5.97 Å². The van der Waals surface area contributed by atoms with Crippen molar-refractivity contribution >= 4 is 17.6 Å². The zero-order chi connectivity index (χ0) is 15.4. The summed E-state index contributed by atoms with van der Waals surface area (Å²) in [5.74, 6) is -0.735. The molecule has 0 saturated heterocycles. The van der Waals surface area contributed by atoms with Crippen LogP contribution in [0.3, 0.4) is 0 Å². The van der Waals surface area contributed by atoms with Crippen LogP contribution in [-0.2, 0) is 0 Å². The van der Waals surface area contributed by atoms with E-state index in [-0.39, 0.29) is 11.5 Å². The van der Waals surface area contributed by atoms with Gasteiger partial charge in [0.25, 0.3) is 5.91 Å². The molecule has 5 heteroatoms. The van der Waals surface area contributed by atoms with Crippen LogP contribution in [0.15, 0.2) is 42.5 Å². The van der Waals surface area contributed by atoms with Gasteiger partial charge in [0, 0.05) is 11.3 Å². The summed E-state index contributed by atoms with van der Waals surface area (Å²) in [5.41, 5.74) is 1.92. The number of hydrogen-bond acceptors (Lipinski definition) is 3. The minimum absolute atomic E-state index is 0.120. The first-order valence-electron chi connectivity index (χ1n) is 6.30. The van der Waals surface area contributed by atoms with Crippen molar-refractivity contribution in [3.63, 3.8) is 0 Å². The lowest BCUT2D eigenvalue weighted by atomic mass is 10.1. The molecule has 0 aliphatic heterocycles. The van der Waals surface area contributed by atoms with E-state index in [0.29, 0.717) is 17.0 Å². The number of carboxylic acids is 1. The lowest BCUT2D eigenvalue weighted by molar-refractivity contribution is 0.0696. The van der Waals surface area contributed by atoms with Crippen molar-refractivity contribution in [2.75, 3.05) is 12.4 Å². The predicted molar refractivity (Wildman–Crippen MR) is 79.1 cm³/mol. The monoisotopic (exact) mass is 285 g/mol. The van der Waals surface area contributed by atoms with E-state index in [0.717, 1.165) is 5.56 Å². The van der Waals surface area contributed by atoms with Crippen LogP contribution in [0.25, 0.3) is 0 Å². The number of nitrogens with one attached hydrogen (secondary N) is 1. The van der Waals surface area contributed by atoms with Crippen molar-refractivity contribution in [1.29, 1.82) is 0 Å². The van der Waals surface area contributed by atoms with Gasteiger partial charge in [-0.1, -0.05) is 12.1 Å². The van der Waals surface area contributed by atoms with Crippen LogP contribution >= 0.6 is 0 Å². The third kappa shape index (κ3) is 3.39. The summed E-state index contributed by atoms with van der Waals surface area (Å²) in [6.45, 7) is 1.89. The van der Waals surface area contributed by atoms with Crippen molar-refractivity contribution in [1.82, 2.24) is 0 Å². The number of methoxy groups -OCH3 is 1. The van der Waals surface area contributed by atoms with Crippen LogP contribution in [0.1, 0.15) is 26.3 Å². The van der Waals surface area contributed by atoms with Gasteiger partial charge < -0.3 is 15.2 Å². The molecule has 0 heterocycles. The SMILES string of the molecule is COc1cc(C(=O)Nc2cccc(C(=O)O)c2)ccc1C. The Balaban J connectivity index is 2.22. The van der Waals surface area contributed by atoms with E-state index in [1.54, 1.807) is 37.4 Å². The minimum Gasteiger partial charge on any atom is -0.496 e. The quantitative estimate of drug-likeness (QED) is 0.905. The molecule has 0 fully saturated rings. The molecule has 2 aromatic rings. The third-order valence-electron chi connectivity index (χ3n) is 3.04. The maximum absolute atomic E-state index is 12.2. The molecule has 0 aliphatic rings. The Bertz CT molecular complexity index is 694. The van der Waals surface area contributed by atoms with Crippen molar-refractivity contribution in [2.24, 2.45) is 0 Å². The Labute approximate surface area is 122 Å². The number of carbonyl (C=O) groups is 2. The Morgan fingerprint density at radius 2 is 1.86 bits per heavy atom. The van der Waals surface area contributed by atoms with Crippen molar-refractivity contribution in [2.45, 2.75) is 6.92 Å².